The summed E-state index contributed by atoms with van der Waals surface area (Å²) in [5.41, 5.74) is 7.15. The Balaban J connectivity index is 3.14. The van der Waals surface area contributed by atoms with Gasteiger partial charge in [-0.2, -0.15) is 0 Å². The van der Waals surface area contributed by atoms with Gasteiger partial charge in [0, 0.05) is 18.0 Å². The number of pyridine rings is 1. The second-order valence-corrected chi connectivity index (χ2v) is 2.95. The van der Waals surface area contributed by atoms with Crippen LogP contribution in [0.2, 0.25) is 0 Å². The van der Waals surface area contributed by atoms with Crippen LogP contribution in [0, 0.1) is 0 Å². The molecule has 1 aromatic rings. The third-order valence-corrected chi connectivity index (χ3v) is 2.09. The van der Waals surface area contributed by atoms with Crippen molar-refractivity contribution in [3.05, 3.63) is 22.4 Å². The molecule has 1 rings (SSSR count). The minimum Gasteiger partial charge on any atom is -0.397 e. The van der Waals surface area contributed by atoms with Gasteiger partial charge in [0.05, 0.1) is 16.0 Å². The van der Waals surface area contributed by atoms with E-state index in [1.54, 1.807) is 12.4 Å². The molecule has 0 fully saturated rings. The number of hydrogen-bond donors (Lipinski definition) is 1. The molecule has 0 aliphatic carbocycles. The second kappa shape index (κ2) is 3.21. The van der Waals surface area contributed by atoms with Crippen LogP contribution in [0.3, 0.4) is 0 Å². The minimum atomic E-state index is 0.401. The largest absolute Gasteiger partial charge is 0.397 e. The van der Waals surface area contributed by atoms with Gasteiger partial charge in [0.2, 0.25) is 0 Å². The Bertz CT molecular complexity index is 239. The molecular weight excluding hydrogens is 215 g/mol. The Morgan fingerprint density at radius 3 is 2.80 bits per heavy atom. The van der Waals surface area contributed by atoms with Gasteiger partial charge in [0.25, 0.3) is 0 Å². The first kappa shape index (κ1) is 7.82. The maximum absolute atomic E-state index is 5.62. The molecule has 1 aromatic heterocycles. The summed E-state index contributed by atoms with van der Waals surface area (Å²) in [4.78, 5) is 3.90. The van der Waals surface area contributed by atoms with Gasteiger partial charge < -0.3 is 5.73 Å². The molecule has 0 saturated heterocycles. The Labute approximate surface area is 72.5 Å². The van der Waals surface area contributed by atoms with E-state index >= 15 is 0 Å². The Kier molecular flexibility index (Phi) is 2.51. The van der Waals surface area contributed by atoms with Gasteiger partial charge in [-0.1, -0.05) is 0 Å². The van der Waals surface area contributed by atoms with Crippen molar-refractivity contribution in [1.82, 2.24) is 4.98 Å². The van der Waals surface area contributed by atoms with Gasteiger partial charge >= 0.3 is 0 Å². The van der Waals surface area contributed by atoms with Crippen molar-refractivity contribution in [3.8, 4) is 0 Å². The lowest BCUT2D eigenvalue weighted by molar-refractivity contribution is 1.24. The number of nitrogens with two attached hydrogens (primary N) is 1. The van der Waals surface area contributed by atoms with E-state index < -0.39 is 0 Å². The third-order valence-electron chi connectivity index (χ3n) is 1.17. The summed E-state index contributed by atoms with van der Waals surface area (Å²) in [5.74, 6) is 0.401. The average molecular weight is 221 g/mol. The van der Waals surface area contributed by atoms with Crippen LogP contribution in [-0.2, 0) is 5.88 Å². The first-order valence-electron chi connectivity index (χ1n) is 2.69. The number of aromatic nitrogens is 1. The van der Waals surface area contributed by atoms with Crippen LogP contribution in [0.5, 0.6) is 0 Å². The topological polar surface area (TPSA) is 38.9 Å². The number of nitrogen functional groups attached to an aromatic ring is 1. The molecule has 1 heterocycles. The lowest BCUT2D eigenvalue weighted by Crippen LogP contribution is -1.93. The molecule has 54 valence electrons. The molecule has 0 aliphatic heterocycles. The number of halogens is 2. The van der Waals surface area contributed by atoms with Crippen molar-refractivity contribution in [1.29, 1.82) is 0 Å². The molecule has 0 aliphatic rings. The molecule has 0 saturated carbocycles. The van der Waals surface area contributed by atoms with E-state index in [2.05, 4.69) is 20.9 Å². The van der Waals surface area contributed by atoms with Gasteiger partial charge in [0.15, 0.2) is 0 Å². The zero-order valence-electron chi connectivity index (χ0n) is 5.14. The molecule has 0 spiro atoms. The van der Waals surface area contributed by atoms with Crippen LogP contribution >= 0.6 is 27.5 Å². The molecule has 0 bridgehead atoms. The number of hydrogen-bond acceptors (Lipinski definition) is 2. The third kappa shape index (κ3) is 1.41. The van der Waals surface area contributed by atoms with Crippen molar-refractivity contribution < 1.29 is 0 Å². The smallest absolute Gasteiger partial charge is 0.0591 e. The molecule has 2 nitrogen and oxygen atoms in total. The summed E-state index contributed by atoms with van der Waals surface area (Å²) in [6, 6.07) is 0. The van der Waals surface area contributed by atoms with Crippen LogP contribution in [0.15, 0.2) is 16.9 Å². The minimum absolute atomic E-state index is 0.401. The first-order chi connectivity index (χ1) is 4.75. The lowest BCUT2D eigenvalue weighted by atomic mass is 10.3. The zero-order chi connectivity index (χ0) is 7.56. The maximum Gasteiger partial charge on any atom is 0.0591 e. The van der Waals surface area contributed by atoms with Gasteiger partial charge in [-0.15, -0.1) is 11.6 Å². The molecule has 0 radical (unpaired) electrons. The van der Waals surface area contributed by atoms with Crippen molar-refractivity contribution >= 4 is 33.2 Å². The summed E-state index contributed by atoms with van der Waals surface area (Å²) in [5, 5.41) is 0. The van der Waals surface area contributed by atoms with Crippen LogP contribution in [0.25, 0.3) is 0 Å². The Hall–Kier alpha value is -0.280. The van der Waals surface area contributed by atoms with Gasteiger partial charge in [-0.25, -0.2) is 0 Å². The monoisotopic (exact) mass is 220 g/mol. The number of alkyl halides is 1. The maximum atomic E-state index is 5.62. The van der Waals surface area contributed by atoms with E-state index in [0.29, 0.717) is 11.6 Å². The molecule has 2 N–H and O–H groups in total. The van der Waals surface area contributed by atoms with Gasteiger partial charge in [-0.05, 0) is 15.9 Å². The number of anilines is 1. The first-order valence-corrected chi connectivity index (χ1v) is 4.02. The molecule has 0 aromatic carbocycles. The summed E-state index contributed by atoms with van der Waals surface area (Å²) in [6.45, 7) is 0. The predicted molar refractivity (Wildman–Crippen MR) is 45.9 cm³/mol. The van der Waals surface area contributed by atoms with Gasteiger partial charge in [0.1, 0.15) is 0 Å². The summed E-state index contributed by atoms with van der Waals surface area (Å²) < 4.78 is 0.797. The highest BCUT2D eigenvalue weighted by Crippen LogP contribution is 2.22. The van der Waals surface area contributed by atoms with Crippen molar-refractivity contribution in [3.63, 3.8) is 0 Å². The lowest BCUT2D eigenvalue weighted by Gasteiger charge is -2.00. The van der Waals surface area contributed by atoms with Gasteiger partial charge in [-0.3, -0.25) is 4.98 Å². The van der Waals surface area contributed by atoms with Crippen molar-refractivity contribution in [2.45, 2.75) is 5.88 Å². The SMILES string of the molecule is Nc1c(Br)cncc1CCl. The normalized spacial score (nSPS) is 9.80. The molecule has 0 unspecified atom stereocenters. The van der Waals surface area contributed by atoms with Crippen molar-refractivity contribution in [2.75, 3.05) is 5.73 Å². The number of nitrogens with zero attached hydrogens (tertiary/aromatic N) is 1. The molecule has 10 heavy (non-hydrogen) atoms. The van der Waals surface area contributed by atoms with Crippen LogP contribution in [0.4, 0.5) is 5.69 Å². The van der Waals surface area contributed by atoms with E-state index in [0.717, 1.165) is 10.0 Å². The van der Waals surface area contributed by atoms with Crippen LogP contribution < -0.4 is 5.73 Å². The fourth-order valence-electron chi connectivity index (χ4n) is 0.592. The average Bonchev–Trinajstić information content (AvgIpc) is 1.95. The van der Waals surface area contributed by atoms with Crippen molar-refractivity contribution in [2.24, 2.45) is 0 Å². The predicted octanol–water partition coefficient (Wildman–Crippen LogP) is 2.17. The molecular formula is C6H6BrClN2. The Morgan fingerprint density at radius 2 is 2.30 bits per heavy atom. The van der Waals surface area contributed by atoms with Crippen LogP contribution in [0.1, 0.15) is 5.56 Å². The molecule has 0 amide bonds. The number of rotatable bonds is 1. The zero-order valence-corrected chi connectivity index (χ0v) is 7.48. The van der Waals surface area contributed by atoms with E-state index in [9.17, 15) is 0 Å². The summed E-state index contributed by atoms with van der Waals surface area (Å²) in [7, 11) is 0. The second-order valence-electron chi connectivity index (χ2n) is 1.83. The van der Waals surface area contributed by atoms with E-state index in [1.165, 1.54) is 0 Å². The fourth-order valence-corrected chi connectivity index (χ4v) is 1.18. The summed E-state index contributed by atoms with van der Waals surface area (Å²) >= 11 is 8.80. The molecule has 4 heteroatoms. The van der Waals surface area contributed by atoms with E-state index in [1.807, 2.05) is 0 Å². The highest BCUT2D eigenvalue weighted by Gasteiger charge is 2.00. The fraction of sp³-hybridized carbons (Fsp3) is 0.167. The quantitative estimate of drug-likeness (QED) is 0.738. The van der Waals surface area contributed by atoms with E-state index in [-0.39, 0.29) is 0 Å². The summed E-state index contributed by atoms with van der Waals surface area (Å²) in [6.07, 6.45) is 3.30. The van der Waals surface area contributed by atoms with Crippen LogP contribution in [-0.4, -0.2) is 4.98 Å². The van der Waals surface area contributed by atoms with E-state index in [4.69, 9.17) is 17.3 Å². The highest BCUT2D eigenvalue weighted by atomic mass is 79.9. The standard InChI is InChI=1S/C6H6BrClN2/c7-5-3-10-2-4(1-8)6(5)9/h2-3H,1H2,(H2,9,10). The highest BCUT2D eigenvalue weighted by molar-refractivity contribution is 9.10. The Morgan fingerprint density at radius 1 is 1.60 bits per heavy atom. The molecule has 0 atom stereocenters.